The summed E-state index contributed by atoms with van der Waals surface area (Å²) in [4.78, 5) is 0. The Morgan fingerprint density at radius 3 is 1.80 bits per heavy atom. The number of hydrogen-bond acceptors (Lipinski definition) is 3. The predicted molar refractivity (Wildman–Crippen MR) is 85.9 cm³/mol. The van der Waals surface area contributed by atoms with Crippen LogP contribution in [-0.4, -0.2) is 32.1 Å². The van der Waals surface area contributed by atoms with Crippen molar-refractivity contribution >= 4 is 9.84 Å². The van der Waals surface area contributed by atoms with Crippen LogP contribution in [0.5, 0.6) is 0 Å². The molecule has 0 saturated carbocycles. The average molecular weight is 383 g/mol. The maximum atomic E-state index is 11.6. The molecule has 0 fully saturated rings. The smallest absolute Gasteiger partial charge is 0.157 e. The summed E-state index contributed by atoms with van der Waals surface area (Å²) in [7, 11) is -3.03. The monoisotopic (exact) mass is 383 g/mol. The van der Waals surface area contributed by atoms with Gasteiger partial charge in [0.25, 0.3) is 0 Å². The van der Waals surface area contributed by atoms with Crippen LogP contribution in [0, 0.1) is 12.8 Å². The van der Waals surface area contributed by atoms with E-state index in [1.807, 2.05) is 0 Å². The first-order chi connectivity index (χ1) is 8.04. The summed E-state index contributed by atoms with van der Waals surface area (Å²) in [5.41, 5.74) is 0. The number of sulfone groups is 1. The quantitative estimate of drug-likeness (QED) is 0.513. The van der Waals surface area contributed by atoms with Crippen molar-refractivity contribution in [3.63, 3.8) is 0 Å². The summed E-state index contributed by atoms with van der Waals surface area (Å²) in [5.74, 6) is 1.52. The van der Waals surface area contributed by atoms with Gasteiger partial charge in [-0.25, -0.2) is 8.42 Å². The molecule has 0 unspecified atom stereocenters. The Balaban J connectivity index is -0.000000188. The third kappa shape index (κ3) is 19.0. The fraction of sp³-hybridized carbons (Fsp3) is 0.867. The molecule has 0 rings (SSSR count). The molecule has 0 atom stereocenters. The molecule has 0 N–H and O–H groups in total. The first-order valence-corrected chi connectivity index (χ1v) is 8.06. The van der Waals surface area contributed by atoms with E-state index in [0.717, 1.165) is 12.8 Å². The van der Waals surface area contributed by atoms with E-state index in [0.29, 0.717) is 13.2 Å². The van der Waals surface area contributed by atoms with Crippen LogP contribution in [0.25, 0.3) is 0 Å². The van der Waals surface area contributed by atoms with E-state index >= 15 is 0 Å². The zero-order valence-electron chi connectivity index (χ0n) is 13.5. The van der Waals surface area contributed by atoms with Gasteiger partial charge >= 0.3 is 0 Å². The molecule has 0 aromatic rings. The Bertz CT molecular complexity index is 277. The van der Waals surface area contributed by atoms with Gasteiger partial charge in [-0.3, -0.25) is 0 Å². The van der Waals surface area contributed by atoms with E-state index in [1.165, 1.54) is 5.92 Å². The molecule has 0 saturated heterocycles. The Kier molecular flexibility index (Phi) is 21.7. The van der Waals surface area contributed by atoms with Crippen LogP contribution in [0.3, 0.4) is 0 Å². The molecule has 0 amide bonds. The predicted octanol–water partition coefficient (Wildman–Crippen LogP) is 4.08. The number of hydrogen-bond donors (Lipinski definition) is 0. The van der Waals surface area contributed by atoms with Crippen LogP contribution in [0.1, 0.15) is 61.8 Å². The second kappa shape index (κ2) is 14.9. The van der Waals surface area contributed by atoms with E-state index in [1.54, 1.807) is 20.8 Å². The number of rotatable bonds is 6. The number of ether oxygens (including phenoxy) is 1. The normalized spacial score (nSPS) is 11.0. The molecule has 0 aliphatic rings. The minimum Gasteiger partial charge on any atom is -0.380 e. The topological polar surface area (TPSA) is 43.4 Å². The van der Waals surface area contributed by atoms with Crippen molar-refractivity contribution in [2.75, 3.05) is 19.0 Å². The third-order valence-electron chi connectivity index (χ3n) is 1.97. The molecule has 123 valence electrons. The van der Waals surface area contributed by atoms with Gasteiger partial charge in [-0.15, -0.1) is 0 Å². The van der Waals surface area contributed by atoms with Crippen LogP contribution in [0.15, 0.2) is 0 Å². The van der Waals surface area contributed by atoms with Gasteiger partial charge in [0.05, 0.1) is 17.1 Å². The largest absolute Gasteiger partial charge is 0.380 e. The van der Waals surface area contributed by atoms with Crippen molar-refractivity contribution < 1.29 is 45.9 Å². The molecule has 0 aliphatic carbocycles. The van der Waals surface area contributed by atoms with Gasteiger partial charge in [-0.1, -0.05) is 13.8 Å². The fourth-order valence-electron chi connectivity index (χ4n) is 0.781. The van der Waals surface area contributed by atoms with Gasteiger partial charge in [-0.05, 0) is 20.8 Å². The summed E-state index contributed by atoms with van der Waals surface area (Å²) in [6.45, 7) is 15.9. The second-order valence-corrected chi connectivity index (χ2v) is 8.61. The Morgan fingerprint density at radius 1 is 1.10 bits per heavy atom. The Labute approximate surface area is 153 Å². The molecule has 0 spiro atoms. The molecular weight excluding hydrogens is 349 g/mol. The molecule has 0 heterocycles. The summed E-state index contributed by atoms with van der Waals surface area (Å²) in [5, 5.41) is 0. The van der Waals surface area contributed by atoms with E-state index < -0.39 is 14.6 Å². The van der Waals surface area contributed by atoms with Crippen LogP contribution in [0.4, 0.5) is 0 Å². The van der Waals surface area contributed by atoms with Gasteiger partial charge in [-0.2, -0.15) is 27.2 Å². The van der Waals surface area contributed by atoms with E-state index in [2.05, 4.69) is 27.7 Å². The fourth-order valence-corrected chi connectivity index (χ4v) is 1.73. The van der Waals surface area contributed by atoms with Crippen molar-refractivity contribution in [3.05, 3.63) is 12.8 Å². The van der Waals surface area contributed by atoms with Crippen molar-refractivity contribution in [1.29, 1.82) is 0 Å². The molecule has 0 bridgehead atoms. The van der Waals surface area contributed by atoms with Crippen molar-refractivity contribution in [2.45, 2.75) is 66.6 Å². The summed E-state index contributed by atoms with van der Waals surface area (Å²) < 4.78 is 27.7. The summed E-state index contributed by atoms with van der Waals surface area (Å²) in [6.07, 6.45) is 1.71. The van der Waals surface area contributed by atoms with Gasteiger partial charge in [0.15, 0.2) is 9.84 Å². The second-order valence-electron chi connectivity index (χ2n) is 5.75. The number of unbranched alkanes of at least 4 members (excludes halogenated alkanes) is 1. The molecule has 0 aromatic carbocycles. The summed E-state index contributed by atoms with van der Waals surface area (Å²) in [6, 6.07) is 0. The van der Waals surface area contributed by atoms with E-state index in [-0.39, 0.29) is 45.9 Å². The van der Waals surface area contributed by atoms with E-state index in [4.69, 9.17) is 4.74 Å². The van der Waals surface area contributed by atoms with Gasteiger partial charge < -0.3 is 17.6 Å². The molecule has 5 heteroatoms. The van der Waals surface area contributed by atoms with Crippen molar-refractivity contribution in [2.24, 2.45) is 0 Å². The molecule has 3 nitrogen and oxygen atoms in total. The molecule has 0 aliphatic heterocycles. The van der Waals surface area contributed by atoms with Crippen LogP contribution < -0.4 is 0 Å². The SMILES string of the molecule is C.C[C-](C)C.[CH2-]CCCOCCS(=O)(=O)C(C)(C)C.[Y]. The van der Waals surface area contributed by atoms with Crippen molar-refractivity contribution in [1.82, 2.24) is 0 Å². The Morgan fingerprint density at radius 2 is 1.50 bits per heavy atom. The molecular formula is C15H34O3SY-2. The van der Waals surface area contributed by atoms with Gasteiger partial charge in [0.1, 0.15) is 0 Å². The van der Waals surface area contributed by atoms with Gasteiger partial charge in [0.2, 0.25) is 0 Å². The van der Waals surface area contributed by atoms with Crippen molar-refractivity contribution in [3.8, 4) is 0 Å². The average Bonchev–Trinajstić information content (AvgIpc) is 2.14. The maximum Gasteiger partial charge on any atom is 0.157 e. The zero-order chi connectivity index (χ0) is 14.8. The molecule has 1 radical (unpaired) electrons. The van der Waals surface area contributed by atoms with E-state index in [9.17, 15) is 8.42 Å². The third-order valence-corrected chi connectivity index (χ3v) is 4.54. The van der Waals surface area contributed by atoms with Crippen LogP contribution in [-0.2, 0) is 47.3 Å². The molecule has 0 aromatic heterocycles. The Hall–Kier alpha value is 1.01. The molecule has 20 heavy (non-hydrogen) atoms. The minimum absolute atomic E-state index is 0. The van der Waals surface area contributed by atoms with Gasteiger partial charge in [0, 0.05) is 39.3 Å². The first kappa shape index (κ1) is 29.1. The maximum absolute atomic E-state index is 11.6. The minimum atomic E-state index is -3.03. The van der Waals surface area contributed by atoms with Crippen LogP contribution in [0.2, 0.25) is 0 Å². The van der Waals surface area contributed by atoms with Crippen LogP contribution >= 0.6 is 0 Å². The first-order valence-electron chi connectivity index (χ1n) is 6.40. The summed E-state index contributed by atoms with van der Waals surface area (Å²) >= 11 is 0. The standard InChI is InChI=1S/C10H21O3S.C4H9.CH4.Y/c1-5-6-7-13-8-9-14(11,12)10(2,3)4;1-4(2)3;;/h1,5-9H2,2-4H3;1-3H3;1H4;/q2*-1;;. The zero-order valence-corrected chi connectivity index (χ0v) is 17.1.